The molecule has 5 atom stereocenters. The quantitative estimate of drug-likeness (QED) is 0.0452. The third kappa shape index (κ3) is 29.5. The Labute approximate surface area is 340 Å². The second-order valence-corrected chi connectivity index (χ2v) is 17.5. The van der Waals surface area contributed by atoms with E-state index in [0.717, 1.165) is 12.8 Å². The van der Waals surface area contributed by atoms with E-state index in [4.69, 9.17) is 18.9 Å². The summed E-state index contributed by atoms with van der Waals surface area (Å²) in [4.78, 5) is 0. The van der Waals surface area contributed by atoms with Gasteiger partial charge in [0.05, 0.1) is 26.4 Å². The van der Waals surface area contributed by atoms with Crippen LogP contribution in [0.5, 0.6) is 0 Å². The van der Waals surface area contributed by atoms with Gasteiger partial charge in [0, 0.05) is 18.6 Å². The Balaban J connectivity index is 2.23. The van der Waals surface area contributed by atoms with Crippen LogP contribution in [-0.4, -0.2) is 90.8 Å². The highest BCUT2D eigenvalue weighted by Crippen LogP contribution is 2.26. The number of hydrogen-bond acceptors (Lipinski definition) is 8. The van der Waals surface area contributed by atoms with Crippen LogP contribution in [0.2, 0.25) is 0 Å². The van der Waals surface area contributed by atoms with Crippen molar-refractivity contribution in [2.24, 2.45) is 5.41 Å². The summed E-state index contributed by atoms with van der Waals surface area (Å²) in [7, 11) is 0. The van der Waals surface area contributed by atoms with Gasteiger partial charge in [0.1, 0.15) is 24.4 Å². The largest absolute Gasteiger partial charge is 0.394 e. The molecule has 0 aromatic carbocycles. The SMILES string of the molecule is CCCCCCCCCCCCCCCCCCOCC(C)(COCCCCCCCCCCCCCCCCCC)CO[C@@H]1O[C@H](CO)[C@H](O)[C@H](O)[C@H]1O. The van der Waals surface area contributed by atoms with Crippen molar-refractivity contribution in [3.05, 3.63) is 0 Å². The van der Waals surface area contributed by atoms with Crippen LogP contribution in [0, 0.1) is 5.41 Å². The van der Waals surface area contributed by atoms with Crippen molar-refractivity contribution in [1.82, 2.24) is 0 Å². The number of hydrogen-bond donors (Lipinski definition) is 4. The van der Waals surface area contributed by atoms with Crippen LogP contribution >= 0.6 is 0 Å². The zero-order valence-corrected chi connectivity index (χ0v) is 36.7. The van der Waals surface area contributed by atoms with Crippen LogP contribution in [-0.2, 0) is 18.9 Å². The number of aliphatic hydroxyl groups excluding tert-OH is 4. The van der Waals surface area contributed by atoms with Gasteiger partial charge in [0.25, 0.3) is 0 Å². The monoisotopic (exact) mass is 787 g/mol. The van der Waals surface area contributed by atoms with E-state index in [-0.39, 0.29) is 6.61 Å². The molecule has 330 valence electrons. The van der Waals surface area contributed by atoms with E-state index in [2.05, 4.69) is 20.8 Å². The molecule has 8 heteroatoms. The van der Waals surface area contributed by atoms with Crippen molar-refractivity contribution in [3.8, 4) is 0 Å². The Bertz CT molecular complexity index is 742. The summed E-state index contributed by atoms with van der Waals surface area (Å²) in [6.45, 7) is 8.59. The first-order valence-electron chi connectivity index (χ1n) is 24.0. The van der Waals surface area contributed by atoms with Crippen molar-refractivity contribution in [2.45, 2.75) is 257 Å². The normalized spacial score (nSPS) is 20.5. The molecule has 0 radical (unpaired) electrons. The summed E-state index contributed by atoms with van der Waals surface area (Å²) in [6, 6.07) is 0. The van der Waals surface area contributed by atoms with Gasteiger partial charge in [0.2, 0.25) is 0 Å². The number of unbranched alkanes of at least 4 members (excludes halogenated alkanes) is 30. The van der Waals surface area contributed by atoms with E-state index >= 15 is 0 Å². The van der Waals surface area contributed by atoms with Crippen LogP contribution in [0.15, 0.2) is 0 Å². The topological polar surface area (TPSA) is 118 Å². The van der Waals surface area contributed by atoms with Crippen LogP contribution in [0.1, 0.15) is 226 Å². The molecule has 1 fully saturated rings. The van der Waals surface area contributed by atoms with Gasteiger partial charge in [-0.2, -0.15) is 0 Å². The lowest BCUT2D eigenvalue weighted by Gasteiger charge is -2.41. The predicted octanol–water partition coefficient (Wildman–Crippen LogP) is 11.4. The van der Waals surface area contributed by atoms with Crippen molar-refractivity contribution in [2.75, 3.05) is 39.6 Å². The van der Waals surface area contributed by atoms with Gasteiger partial charge in [-0.1, -0.05) is 213 Å². The first-order valence-corrected chi connectivity index (χ1v) is 24.0. The number of aliphatic hydroxyl groups is 4. The minimum atomic E-state index is -1.46. The van der Waals surface area contributed by atoms with E-state index in [0.29, 0.717) is 26.4 Å². The first-order chi connectivity index (χ1) is 26.9. The maximum atomic E-state index is 10.5. The fourth-order valence-electron chi connectivity index (χ4n) is 7.76. The van der Waals surface area contributed by atoms with E-state index < -0.39 is 42.7 Å². The summed E-state index contributed by atoms with van der Waals surface area (Å²) in [6.07, 6.45) is 36.5. The van der Waals surface area contributed by atoms with E-state index in [1.54, 1.807) is 0 Å². The molecule has 0 bridgehead atoms. The second kappa shape index (κ2) is 37.9. The molecule has 0 aliphatic carbocycles. The average Bonchev–Trinajstić information content (AvgIpc) is 3.19. The van der Waals surface area contributed by atoms with Crippen molar-refractivity contribution < 1.29 is 39.4 Å². The fraction of sp³-hybridized carbons (Fsp3) is 1.00. The highest BCUT2D eigenvalue weighted by molar-refractivity contribution is 4.89. The van der Waals surface area contributed by atoms with Gasteiger partial charge < -0.3 is 39.4 Å². The molecule has 1 aliphatic rings. The van der Waals surface area contributed by atoms with Gasteiger partial charge in [0.15, 0.2) is 6.29 Å². The number of rotatable bonds is 42. The van der Waals surface area contributed by atoms with Gasteiger partial charge in [-0.15, -0.1) is 0 Å². The molecule has 0 spiro atoms. The Morgan fingerprint density at radius 3 is 1.04 bits per heavy atom. The summed E-state index contributed by atoms with van der Waals surface area (Å²) in [5, 5.41) is 40.4. The second-order valence-electron chi connectivity index (χ2n) is 17.5. The summed E-state index contributed by atoms with van der Waals surface area (Å²) in [5.74, 6) is 0. The summed E-state index contributed by atoms with van der Waals surface area (Å²) >= 11 is 0. The smallest absolute Gasteiger partial charge is 0.186 e. The van der Waals surface area contributed by atoms with Crippen LogP contribution in [0.4, 0.5) is 0 Å². The molecule has 4 N–H and O–H groups in total. The molecule has 1 rings (SSSR count). The summed E-state index contributed by atoms with van der Waals surface area (Å²) < 4.78 is 23.9. The maximum Gasteiger partial charge on any atom is 0.186 e. The molecule has 8 nitrogen and oxygen atoms in total. The standard InChI is InChI=1S/C47H94O8/c1-4-6-8-10-12-14-16-18-20-22-24-26-28-30-32-34-36-52-39-47(3,41-54-46-45(51)44(50)43(49)42(38-48)55-46)40-53-37-35-33-31-29-27-25-23-21-19-17-15-13-11-9-7-5-2/h42-46,48-51H,4-41H2,1-3H3/t42-,43+,44+,45-,46-/m1/s1. The highest BCUT2D eigenvalue weighted by atomic mass is 16.7. The Hall–Kier alpha value is -0.320. The predicted molar refractivity (Wildman–Crippen MR) is 229 cm³/mol. The molecular weight excluding hydrogens is 693 g/mol. The molecule has 1 saturated heterocycles. The van der Waals surface area contributed by atoms with Crippen LogP contribution < -0.4 is 0 Å². The molecule has 55 heavy (non-hydrogen) atoms. The molecule has 1 aliphatic heterocycles. The zero-order valence-electron chi connectivity index (χ0n) is 36.7. The minimum absolute atomic E-state index is 0.188. The fourth-order valence-corrected chi connectivity index (χ4v) is 7.76. The third-order valence-electron chi connectivity index (χ3n) is 11.6. The molecule has 1 heterocycles. The first kappa shape index (κ1) is 52.7. The average molecular weight is 787 g/mol. The van der Waals surface area contributed by atoms with Gasteiger partial charge >= 0.3 is 0 Å². The van der Waals surface area contributed by atoms with Gasteiger partial charge in [-0.3, -0.25) is 0 Å². The number of ether oxygens (including phenoxy) is 4. The Morgan fingerprint density at radius 2 is 0.727 bits per heavy atom. The molecule has 0 amide bonds. The van der Waals surface area contributed by atoms with E-state index in [9.17, 15) is 20.4 Å². The zero-order chi connectivity index (χ0) is 40.1. The van der Waals surface area contributed by atoms with Gasteiger partial charge in [-0.25, -0.2) is 0 Å². The maximum absolute atomic E-state index is 10.5. The summed E-state index contributed by atoms with van der Waals surface area (Å²) in [5.41, 5.74) is -0.483. The third-order valence-corrected chi connectivity index (χ3v) is 11.6. The van der Waals surface area contributed by atoms with Crippen LogP contribution in [0.3, 0.4) is 0 Å². The van der Waals surface area contributed by atoms with E-state index in [1.807, 2.05) is 0 Å². The molecule has 0 aromatic heterocycles. The highest BCUT2D eigenvalue weighted by Gasteiger charge is 2.44. The van der Waals surface area contributed by atoms with Crippen molar-refractivity contribution >= 4 is 0 Å². The molecular formula is C47H94O8. The minimum Gasteiger partial charge on any atom is -0.394 e. The van der Waals surface area contributed by atoms with Crippen molar-refractivity contribution in [1.29, 1.82) is 0 Å². The van der Waals surface area contributed by atoms with Crippen molar-refractivity contribution in [3.63, 3.8) is 0 Å². The Kier molecular flexibility index (Phi) is 36.3. The lowest BCUT2D eigenvalue weighted by molar-refractivity contribution is -0.307. The molecule has 0 unspecified atom stereocenters. The van der Waals surface area contributed by atoms with Gasteiger partial charge in [-0.05, 0) is 12.8 Å². The molecule has 0 aromatic rings. The lowest BCUT2D eigenvalue weighted by Crippen LogP contribution is -2.59. The Morgan fingerprint density at radius 1 is 0.418 bits per heavy atom. The lowest BCUT2D eigenvalue weighted by atomic mass is 9.93. The van der Waals surface area contributed by atoms with E-state index in [1.165, 1.54) is 193 Å². The molecule has 0 saturated carbocycles. The van der Waals surface area contributed by atoms with Crippen LogP contribution in [0.25, 0.3) is 0 Å².